The second-order valence-electron chi connectivity index (χ2n) is 17.8. The van der Waals surface area contributed by atoms with Crippen molar-refractivity contribution in [2.24, 2.45) is 50.2 Å². The average Bonchev–Trinajstić information content (AvgIpc) is 3.76. The first-order valence-corrected chi connectivity index (χ1v) is 17.5. The van der Waals surface area contributed by atoms with Gasteiger partial charge in [-0.2, -0.15) is 0 Å². The van der Waals surface area contributed by atoms with Crippen LogP contribution in [0.4, 0.5) is 0 Å². The number of epoxide rings is 1. The quantitative estimate of drug-likeness (QED) is 0.168. The Labute approximate surface area is 274 Å². The zero-order valence-electron chi connectivity index (χ0n) is 27.9. The number of aliphatic hydroxyl groups is 3. The monoisotopic (exact) mass is 662 g/mol. The number of carbonyl (C=O) groups excluding carboxylic acids is 1. The minimum Gasteiger partial charge on any atom is -0.481 e. The molecule has 262 valence electrons. The van der Waals surface area contributed by atoms with E-state index in [-0.39, 0.29) is 48.0 Å². The summed E-state index contributed by atoms with van der Waals surface area (Å²) in [5.41, 5.74) is -5.32. The average molecular weight is 663 g/mol. The first kappa shape index (κ1) is 32.4. The summed E-state index contributed by atoms with van der Waals surface area (Å²) >= 11 is 0. The molecule has 8 rings (SSSR count). The summed E-state index contributed by atoms with van der Waals surface area (Å²) in [6.45, 7) is 10.0. The van der Waals surface area contributed by atoms with Gasteiger partial charge in [-0.15, -0.1) is 0 Å². The van der Waals surface area contributed by atoms with E-state index in [4.69, 9.17) is 18.9 Å². The molecule has 8 aliphatic rings. The molecule has 12 heteroatoms. The van der Waals surface area contributed by atoms with E-state index >= 15 is 0 Å². The molecule has 8 fully saturated rings. The number of carbonyl (C=O) groups is 3. The number of aliphatic carboxylic acids is 2. The van der Waals surface area contributed by atoms with E-state index in [2.05, 4.69) is 20.8 Å². The van der Waals surface area contributed by atoms with Gasteiger partial charge in [0.15, 0.2) is 11.9 Å². The highest BCUT2D eigenvalue weighted by Crippen LogP contribution is 2.83. The van der Waals surface area contributed by atoms with E-state index in [0.29, 0.717) is 51.4 Å². The number of rotatable bonds is 4. The normalized spacial score (nSPS) is 60.6. The van der Waals surface area contributed by atoms with Crippen molar-refractivity contribution < 1.29 is 58.9 Å². The highest BCUT2D eigenvalue weighted by Gasteiger charge is 2.89. The summed E-state index contributed by atoms with van der Waals surface area (Å²) in [4.78, 5) is 39.9. The molecule has 12 nitrogen and oxygen atoms in total. The largest absolute Gasteiger partial charge is 0.481 e. The van der Waals surface area contributed by atoms with Crippen LogP contribution in [0.2, 0.25) is 0 Å². The van der Waals surface area contributed by atoms with Crippen molar-refractivity contribution in [1.82, 2.24) is 0 Å². The van der Waals surface area contributed by atoms with Crippen molar-refractivity contribution in [2.45, 2.75) is 141 Å². The maximum absolute atomic E-state index is 14.0. The van der Waals surface area contributed by atoms with Gasteiger partial charge in [0.2, 0.25) is 0 Å². The first-order chi connectivity index (χ1) is 21.9. The maximum atomic E-state index is 14.0. The Morgan fingerprint density at radius 1 is 0.851 bits per heavy atom. The zero-order chi connectivity index (χ0) is 33.9. The van der Waals surface area contributed by atoms with Crippen LogP contribution in [-0.2, 0) is 33.3 Å². The molecule has 0 aromatic rings. The van der Waals surface area contributed by atoms with Gasteiger partial charge < -0.3 is 44.5 Å². The fourth-order valence-electron chi connectivity index (χ4n) is 13.4. The fourth-order valence-corrected chi connectivity index (χ4v) is 13.4. The van der Waals surface area contributed by atoms with Crippen molar-refractivity contribution in [3.05, 3.63) is 0 Å². The van der Waals surface area contributed by atoms with E-state index in [0.717, 1.165) is 6.42 Å². The minimum absolute atomic E-state index is 0.0382. The fraction of sp³-hybridized carbons (Fsp3) is 0.914. The SMILES string of the molecule is C[C@@]1(C(=O)O)CC[C@@]23CC[C@]4(C)[C@@](OC2=O)([C@@H]3C1)[C@H]1O[C@H]1[C@@H]1[C@@]2(C)CC[C@H](O[C@@H]3OC[C@H](O)[C@H](O)[C@H]3O)[C@@](C)(C(=O)O)[C@@H]2CC[C@]14C. The predicted molar refractivity (Wildman–Crippen MR) is 160 cm³/mol. The molecule has 5 N–H and O–H groups in total. The lowest BCUT2D eigenvalue weighted by Gasteiger charge is -2.72. The number of carboxylic acids is 2. The predicted octanol–water partition coefficient (Wildman–Crippen LogP) is 2.49. The van der Waals surface area contributed by atoms with Gasteiger partial charge in [0, 0.05) is 11.3 Å². The lowest BCUT2D eigenvalue weighted by atomic mass is 9.30. The van der Waals surface area contributed by atoms with Gasteiger partial charge in [-0.25, -0.2) is 0 Å². The van der Waals surface area contributed by atoms with E-state index in [1.165, 1.54) is 0 Å². The molecule has 0 amide bonds. The van der Waals surface area contributed by atoms with Crippen molar-refractivity contribution in [3.63, 3.8) is 0 Å². The van der Waals surface area contributed by atoms with Gasteiger partial charge in [0.1, 0.15) is 24.4 Å². The number of hydrogen-bond acceptors (Lipinski definition) is 10. The van der Waals surface area contributed by atoms with Crippen LogP contribution in [0.25, 0.3) is 0 Å². The molecular formula is C35H50O12. The Balaban J connectivity index is 1.16. The Morgan fingerprint density at radius 3 is 2.23 bits per heavy atom. The number of esters is 1. The van der Waals surface area contributed by atoms with Crippen LogP contribution >= 0.6 is 0 Å². The summed E-state index contributed by atoms with van der Waals surface area (Å²) in [6, 6.07) is 0. The number of fused-ring (bicyclic) bond motifs is 6. The van der Waals surface area contributed by atoms with Gasteiger partial charge in [-0.05, 0) is 94.3 Å². The third kappa shape index (κ3) is 3.53. The molecule has 3 heterocycles. The van der Waals surface area contributed by atoms with Crippen LogP contribution in [-0.4, -0.2) is 98.6 Å². The van der Waals surface area contributed by atoms with Crippen molar-refractivity contribution in [1.29, 1.82) is 0 Å². The molecule has 0 unspecified atom stereocenters. The molecule has 0 aromatic heterocycles. The highest BCUT2D eigenvalue weighted by molar-refractivity contribution is 5.84. The van der Waals surface area contributed by atoms with Gasteiger partial charge in [-0.1, -0.05) is 20.8 Å². The summed E-state index contributed by atoms with van der Waals surface area (Å²) in [7, 11) is 0. The lowest BCUT2D eigenvalue weighted by Crippen LogP contribution is -2.75. The molecular weight excluding hydrogens is 612 g/mol. The van der Waals surface area contributed by atoms with E-state index in [1.807, 2.05) is 0 Å². The second kappa shape index (κ2) is 9.48. The van der Waals surface area contributed by atoms with E-state index in [9.17, 15) is 39.9 Å². The topological polar surface area (TPSA) is 193 Å². The third-order valence-corrected chi connectivity index (χ3v) is 16.3. The first-order valence-electron chi connectivity index (χ1n) is 17.5. The third-order valence-electron chi connectivity index (χ3n) is 16.3. The standard InChI is InChI=1S/C35H50O12/c1-29(26(39)40)10-12-34-13-11-32(4)31(3)9-6-17-30(2,23(31)22-24(46-22)35(32,18(34)14-29)47-28(34)43)8-7-19(33(17,5)27(41)42)45-25-21(38)20(37)16(36)15-44-25/h16-25,36-38H,6-15H2,1-5H3,(H,39,40)(H,41,42)/t16-,17+,18+,19-,20-,21+,22-,23+,24-,25-,29+,30-,31+,32-,33-,34-,35+/m0/s1. The Hall–Kier alpha value is -1.83. The molecule has 0 radical (unpaired) electrons. The van der Waals surface area contributed by atoms with E-state index < -0.39 is 75.3 Å². The molecule has 3 saturated heterocycles. The lowest BCUT2D eigenvalue weighted by molar-refractivity contribution is -0.314. The summed E-state index contributed by atoms with van der Waals surface area (Å²) in [5.74, 6) is -2.66. The number of carboxylic acid groups (broad SMARTS) is 2. The summed E-state index contributed by atoms with van der Waals surface area (Å²) in [5, 5.41) is 52.0. The number of hydrogen-bond donors (Lipinski definition) is 5. The highest BCUT2D eigenvalue weighted by atomic mass is 16.7. The molecule has 2 bridgehead atoms. The van der Waals surface area contributed by atoms with Gasteiger partial charge in [0.25, 0.3) is 0 Å². The van der Waals surface area contributed by atoms with Crippen LogP contribution in [0.5, 0.6) is 0 Å². The van der Waals surface area contributed by atoms with Gasteiger partial charge in [0.05, 0.1) is 35.1 Å². The van der Waals surface area contributed by atoms with Crippen LogP contribution < -0.4 is 0 Å². The zero-order valence-corrected chi connectivity index (χ0v) is 27.9. The molecule has 47 heavy (non-hydrogen) atoms. The Kier molecular flexibility index (Phi) is 6.53. The second-order valence-corrected chi connectivity index (χ2v) is 17.8. The number of aliphatic hydroxyl groups excluding tert-OH is 3. The Morgan fingerprint density at radius 2 is 1.55 bits per heavy atom. The molecule has 1 spiro atoms. The smallest absolute Gasteiger partial charge is 0.313 e. The molecule has 0 aromatic carbocycles. The molecule has 17 atom stereocenters. The Bertz CT molecular complexity index is 1420. The van der Waals surface area contributed by atoms with E-state index in [1.54, 1.807) is 13.8 Å². The summed E-state index contributed by atoms with van der Waals surface area (Å²) < 4.78 is 25.2. The van der Waals surface area contributed by atoms with Crippen LogP contribution in [0, 0.1) is 50.2 Å². The molecule has 5 saturated carbocycles. The molecule has 3 aliphatic heterocycles. The minimum atomic E-state index is -1.52. The van der Waals surface area contributed by atoms with Crippen LogP contribution in [0.1, 0.15) is 92.4 Å². The van der Waals surface area contributed by atoms with Crippen molar-refractivity contribution >= 4 is 17.9 Å². The van der Waals surface area contributed by atoms with Gasteiger partial charge >= 0.3 is 17.9 Å². The van der Waals surface area contributed by atoms with Crippen molar-refractivity contribution in [2.75, 3.05) is 6.61 Å². The summed E-state index contributed by atoms with van der Waals surface area (Å²) in [6.07, 6.45) is -1.97. The number of ether oxygens (including phenoxy) is 4. The van der Waals surface area contributed by atoms with Crippen LogP contribution in [0.3, 0.4) is 0 Å². The molecule has 5 aliphatic carbocycles. The van der Waals surface area contributed by atoms with Crippen LogP contribution in [0.15, 0.2) is 0 Å². The maximum Gasteiger partial charge on any atom is 0.313 e. The van der Waals surface area contributed by atoms with Crippen molar-refractivity contribution in [3.8, 4) is 0 Å². The van der Waals surface area contributed by atoms with Gasteiger partial charge in [-0.3, -0.25) is 14.4 Å².